The van der Waals surface area contributed by atoms with Gasteiger partial charge in [0.2, 0.25) is 15.9 Å². The molecule has 4 rings (SSSR count). The summed E-state index contributed by atoms with van der Waals surface area (Å²) in [7, 11) is -3.95. The topological polar surface area (TPSA) is 57.7 Å². The predicted octanol–water partition coefficient (Wildman–Crippen LogP) is 3.20. The van der Waals surface area contributed by atoms with E-state index in [9.17, 15) is 17.6 Å². The molecule has 0 radical (unpaired) electrons. The van der Waals surface area contributed by atoms with Crippen molar-refractivity contribution in [3.05, 3.63) is 65.5 Å². The molecular weight excluding hydrogens is 391 g/mol. The zero-order valence-electron chi connectivity index (χ0n) is 16.4. The van der Waals surface area contributed by atoms with Gasteiger partial charge in [0.05, 0.1) is 4.90 Å². The van der Waals surface area contributed by atoms with Crippen molar-refractivity contribution in [2.45, 2.75) is 43.7 Å². The van der Waals surface area contributed by atoms with Crippen LogP contribution < -0.4 is 0 Å². The van der Waals surface area contributed by atoms with Crippen LogP contribution in [0.25, 0.3) is 0 Å². The van der Waals surface area contributed by atoms with Crippen LogP contribution in [0.4, 0.5) is 4.39 Å². The first kappa shape index (κ1) is 20.0. The molecule has 1 saturated heterocycles. The van der Waals surface area contributed by atoms with Crippen LogP contribution in [0.1, 0.15) is 30.9 Å². The molecule has 2 aromatic rings. The van der Waals surface area contributed by atoms with Crippen molar-refractivity contribution in [1.82, 2.24) is 9.21 Å². The Morgan fingerprint density at radius 2 is 1.62 bits per heavy atom. The maximum absolute atomic E-state index is 13.4. The third-order valence-corrected chi connectivity index (χ3v) is 7.87. The summed E-state index contributed by atoms with van der Waals surface area (Å²) >= 11 is 0. The zero-order valence-corrected chi connectivity index (χ0v) is 17.2. The normalized spacial score (nSPS) is 21.0. The summed E-state index contributed by atoms with van der Waals surface area (Å²) in [4.78, 5) is 15.2. The van der Waals surface area contributed by atoms with E-state index in [1.54, 1.807) is 4.90 Å². The second-order valence-electron chi connectivity index (χ2n) is 8.00. The van der Waals surface area contributed by atoms with Crippen LogP contribution >= 0.6 is 0 Å². The smallest absolute Gasteiger partial charge is 0.244 e. The molecule has 154 valence electrons. The van der Waals surface area contributed by atoms with Gasteiger partial charge in [-0.3, -0.25) is 4.79 Å². The molecule has 29 heavy (non-hydrogen) atoms. The number of hydrogen-bond donors (Lipinski definition) is 0. The average Bonchev–Trinajstić information content (AvgIpc) is 2.73. The highest BCUT2D eigenvalue weighted by Crippen LogP contribution is 2.31. The number of likely N-dealkylation sites (tertiary alicyclic amines) is 1. The summed E-state index contributed by atoms with van der Waals surface area (Å²) in [6.45, 7) is 3.62. The maximum atomic E-state index is 13.4. The number of halogens is 1. The number of sulfonamides is 1. The largest absolute Gasteiger partial charge is 0.341 e. The number of carbonyl (C=O) groups excluding carboxylic acids is 1. The summed E-state index contributed by atoms with van der Waals surface area (Å²) in [5, 5.41) is 0. The molecule has 2 aliphatic rings. The number of rotatable bonds is 3. The molecule has 2 aliphatic heterocycles. The lowest BCUT2D eigenvalue weighted by Crippen LogP contribution is -2.54. The van der Waals surface area contributed by atoms with Crippen LogP contribution in [-0.2, 0) is 27.8 Å². The SMILES string of the molecule is CC1CCN(C(=O)[C@@H]2Cc3ccccc3CN2S(=O)(=O)c2ccc(F)cc2)CC1. The van der Waals surface area contributed by atoms with E-state index in [2.05, 4.69) is 6.92 Å². The average molecular weight is 417 g/mol. The fourth-order valence-corrected chi connectivity index (χ4v) is 5.70. The highest BCUT2D eigenvalue weighted by Gasteiger charge is 2.41. The minimum Gasteiger partial charge on any atom is -0.341 e. The van der Waals surface area contributed by atoms with Gasteiger partial charge in [0.15, 0.2) is 0 Å². The van der Waals surface area contributed by atoms with E-state index in [-0.39, 0.29) is 17.3 Å². The summed E-state index contributed by atoms with van der Waals surface area (Å²) in [6.07, 6.45) is 2.21. The molecule has 1 atom stereocenters. The second kappa shape index (κ2) is 7.88. The van der Waals surface area contributed by atoms with Gasteiger partial charge >= 0.3 is 0 Å². The standard InChI is InChI=1S/C22H25FN2O3S/c1-16-10-12-24(13-11-16)22(26)21-14-17-4-2-3-5-18(17)15-25(21)29(27,28)20-8-6-19(23)7-9-20/h2-9,16,21H,10-15H2,1H3/t21-/m0/s1. The Labute approximate surface area is 171 Å². The molecule has 1 fully saturated rings. The lowest BCUT2D eigenvalue weighted by Gasteiger charge is -2.39. The van der Waals surface area contributed by atoms with Crippen molar-refractivity contribution in [3.63, 3.8) is 0 Å². The lowest BCUT2D eigenvalue weighted by molar-refractivity contribution is -0.137. The lowest BCUT2D eigenvalue weighted by atomic mass is 9.93. The second-order valence-corrected chi connectivity index (χ2v) is 9.89. The minimum absolute atomic E-state index is 0.00310. The Balaban J connectivity index is 1.70. The number of fused-ring (bicyclic) bond motifs is 1. The van der Waals surface area contributed by atoms with E-state index in [0.29, 0.717) is 25.4 Å². The van der Waals surface area contributed by atoms with Gasteiger partial charge < -0.3 is 4.90 Å². The highest BCUT2D eigenvalue weighted by atomic mass is 32.2. The molecule has 0 N–H and O–H groups in total. The van der Waals surface area contributed by atoms with Crippen molar-refractivity contribution >= 4 is 15.9 Å². The van der Waals surface area contributed by atoms with E-state index in [1.807, 2.05) is 24.3 Å². The molecule has 1 amide bonds. The Morgan fingerprint density at radius 1 is 1.00 bits per heavy atom. The van der Waals surface area contributed by atoms with E-state index >= 15 is 0 Å². The van der Waals surface area contributed by atoms with Crippen molar-refractivity contribution in [1.29, 1.82) is 0 Å². The van der Waals surface area contributed by atoms with Crippen LogP contribution in [0.2, 0.25) is 0 Å². The van der Waals surface area contributed by atoms with Crippen molar-refractivity contribution in [2.24, 2.45) is 5.92 Å². The number of hydrogen-bond acceptors (Lipinski definition) is 3. The Morgan fingerprint density at radius 3 is 2.28 bits per heavy atom. The van der Waals surface area contributed by atoms with Crippen molar-refractivity contribution in [2.75, 3.05) is 13.1 Å². The van der Waals surface area contributed by atoms with Gasteiger partial charge in [-0.25, -0.2) is 12.8 Å². The predicted molar refractivity (Wildman–Crippen MR) is 108 cm³/mol. The zero-order chi connectivity index (χ0) is 20.6. The number of amides is 1. The van der Waals surface area contributed by atoms with Crippen molar-refractivity contribution in [3.8, 4) is 0 Å². The van der Waals surface area contributed by atoms with E-state index in [1.165, 1.54) is 16.4 Å². The third kappa shape index (κ3) is 3.94. The van der Waals surface area contributed by atoms with Gasteiger partial charge in [0.1, 0.15) is 11.9 Å². The summed E-state index contributed by atoms with van der Waals surface area (Å²) in [5.41, 5.74) is 1.90. The first-order chi connectivity index (χ1) is 13.9. The molecule has 0 aromatic heterocycles. The van der Waals surface area contributed by atoms with Crippen molar-refractivity contribution < 1.29 is 17.6 Å². The Hall–Kier alpha value is -2.25. The molecular formula is C22H25FN2O3S. The monoisotopic (exact) mass is 416 g/mol. The fraction of sp³-hybridized carbons (Fsp3) is 0.409. The molecule has 2 heterocycles. The van der Waals surface area contributed by atoms with E-state index < -0.39 is 21.9 Å². The molecule has 2 aromatic carbocycles. The quantitative estimate of drug-likeness (QED) is 0.772. The molecule has 0 aliphatic carbocycles. The summed E-state index contributed by atoms with van der Waals surface area (Å²) in [5.74, 6) is -0.0646. The number of carbonyl (C=O) groups is 1. The summed E-state index contributed by atoms with van der Waals surface area (Å²) < 4.78 is 41.4. The van der Waals surface area contributed by atoms with Gasteiger partial charge in [0.25, 0.3) is 0 Å². The number of piperidine rings is 1. The molecule has 7 heteroatoms. The molecule has 0 unspecified atom stereocenters. The fourth-order valence-electron chi connectivity index (χ4n) is 4.14. The van der Waals surface area contributed by atoms with Crippen LogP contribution in [0.15, 0.2) is 53.4 Å². The third-order valence-electron chi connectivity index (χ3n) is 6.01. The van der Waals surface area contributed by atoms with Gasteiger partial charge in [-0.15, -0.1) is 0 Å². The van der Waals surface area contributed by atoms with Crippen LogP contribution in [0, 0.1) is 11.7 Å². The van der Waals surface area contributed by atoms with Crippen LogP contribution in [-0.4, -0.2) is 42.7 Å². The Kier molecular flexibility index (Phi) is 5.44. The number of nitrogens with zero attached hydrogens (tertiary/aromatic N) is 2. The van der Waals surface area contributed by atoms with E-state index in [4.69, 9.17) is 0 Å². The maximum Gasteiger partial charge on any atom is 0.244 e. The van der Waals surface area contributed by atoms with Gasteiger partial charge in [-0.05, 0) is 60.6 Å². The van der Waals surface area contributed by atoms with Gasteiger partial charge in [-0.2, -0.15) is 4.31 Å². The summed E-state index contributed by atoms with van der Waals surface area (Å²) in [6, 6.07) is 11.6. The molecule has 0 spiro atoms. The van der Waals surface area contributed by atoms with E-state index in [0.717, 1.165) is 36.1 Å². The van der Waals surface area contributed by atoms with Crippen LogP contribution in [0.5, 0.6) is 0 Å². The Bertz CT molecular complexity index is 999. The minimum atomic E-state index is -3.95. The first-order valence-corrected chi connectivity index (χ1v) is 11.4. The first-order valence-electron chi connectivity index (χ1n) is 9.99. The number of benzene rings is 2. The molecule has 5 nitrogen and oxygen atoms in total. The van der Waals surface area contributed by atoms with Crippen LogP contribution in [0.3, 0.4) is 0 Å². The van der Waals surface area contributed by atoms with Gasteiger partial charge in [0, 0.05) is 19.6 Å². The van der Waals surface area contributed by atoms with Gasteiger partial charge in [-0.1, -0.05) is 31.2 Å². The molecule has 0 bridgehead atoms. The highest BCUT2D eigenvalue weighted by molar-refractivity contribution is 7.89. The molecule has 0 saturated carbocycles.